The minimum absolute atomic E-state index is 0.307. The topological polar surface area (TPSA) is 39.1 Å². The molecule has 0 fully saturated rings. The van der Waals surface area contributed by atoms with Gasteiger partial charge in [0.25, 0.3) is 0 Å². The second-order valence-electron chi connectivity index (χ2n) is 3.31. The summed E-state index contributed by atoms with van der Waals surface area (Å²) in [5.41, 5.74) is 1.09. The molecule has 0 bridgehead atoms. The first-order valence-electron chi connectivity index (χ1n) is 4.99. The average molecular weight is 197 g/mol. The van der Waals surface area contributed by atoms with Crippen molar-refractivity contribution in [2.45, 2.75) is 19.4 Å². The van der Waals surface area contributed by atoms with Crippen molar-refractivity contribution < 1.29 is 4.74 Å². The van der Waals surface area contributed by atoms with Crippen molar-refractivity contribution >= 4 is 0 Å². The fourth-order valence-corrected chi connectivity index (χ4v) is 1.46. The van der Waals surface area contributed by atoms with E-state index in [-0.39, 0.29) is 0 Å². The van der Waals surface area contributed by atoms with Crippen LogP contribution in [0.15, 0.2) is 12.3 Å². The Bertz CT molecular complexity index is 260. The van der Waals surface area contributed by atoms with Crippen molar-refractivity contribution in [3.05, 3.63) is 18.0 Å². The average Bonchev–Trinajstić information content (AvgIpc) is 2.59. The summed E-state index contributed by atoms with van der Waals surface area (Å²) < 4.78 is 6.90. The van der Waals surface area contributed by atoms with Crippen LogP contribution in [0, 0.1) is 0 Å². The van der Waals surface area contributed by atoms with Gasteiger partial charge >= 0.3 is 0 Å². The van der Waals surface area contributed by atoms with Crippen LogP contribution in [-0.4, -0.2) is 30.0 Å². The largest absolute Gasteiger partial charge is 0.385 e. The molecular weight excluding hydrogens is 178 g/mol. The molecule has 1 aromatic rings. The molecule has 1 N–H and O–H groups in total. The van der Waals surface area contributed by atoms with E-state index in [9.17, 15) is 0 Å². The van der Waals surface area contributed by atoms with Gasteiger partial charge in [0.2, 0.25) is 0 Å². The molecule has 0 aliphatic heterocycles. The summed E-state index contributed by atoms with van der Waals surface area (Å²) >= 11 is 0. The molecule has 1 heterocycles. The molecule has 0 aliphatic rings. The first-order valence-corrected chi connectivity index (χ1v) is 4.99. The van der Waals surface area contributed by atoms with Crippen LogP contribution in [0.5, 0.6) is 0 Å². The fourth-order valence-electron chi connectivity index (χ4n) is 1.46. The molecule has 4 heteroatoms. The lowest BCUT2D eigenvalue weighted by Gasteiger charge is -2.14. The summed E-state index contributed by atoms with van der Waals surface area (Å²) in [6.45, 7) is 3.81. The van der Waals surface area contributed by atoms with Crippen LogP contribution < -0.4 is 5.32 Å². The van der Waals surface area contributed by atoms with Gasteiger partial charge in [-0.3, -0.25) is 4.68 Å². The minimum atomic E-state index is 0.307. The number of nitrogens with one attached hydrogen (secondary N) is 1. The molecule has 4 nitrogen and oxygen atoms in total. The van der Waals surface area contributed by atoms with E-state index < -0.39 is 0 Å². The number of nitrogens with zero attached hydrogens (tertiary/aromatic N) is 2. The van der Waals surface area contributed by atoms with Crippen molar-refractivity contribution in [3.63, 3.8) is 0 Å². The summed E-state index contributed by atoms with van der Waals surface area (Å²) in [5.74, 6) is 0. The molecule has 80 valence electrons. The zero-order valence-corrected chi connectivity index (χ0v) is 9.16. The third-order valence-corrected chi connectivity index (χ3v) is 2.15. The quantitative estimate of drug-likeness (QED) is 0.742. The smallest absolute Gasteiger partial charge is 0.0794 e. The Kier molecular flexibility index (Phi) is 4.62. The van der Waals surface area contributed by atoms with Gasteiger partial charge in [-0.25, -0.2) is 0 Å². The van der Waals surface area contributed by atoms with E-state index in [1.54, 1.807) is 7.11 Å². The van der Waals surface area contributed by atoms with Crippen molar-refractivity contribution in [2.24, 2.45) is 7.05 Å². The number of ether oxygens (including phenoxy) is 1. The highest BCUT2D eigenvalue weighted by molar-refractivity contribution is 5.05. The Morgan fingerprint density at radius 3 is 2.93 bits per heavy atom. The third-order valence-electron chi connectivity index (χ3n) is 2.15. The molecule has 1 atom stereocenters. The monoisotopic (exact) mass is 197 g/mol. The lowest BCUT2D eigenvalue weighted by Crippen LogP contribution is -2.22. The van der Waals surface area contributed by atoms with Crippen LogP contribution in [-0.2, 0) is 11.8 Å². The van der Waals surface area contributed by atoms with Gasteiger partial charge in [0.15, 0.2) is 0 Å². The highest BCUT2D eigenvalue weighted by Gasteiger charge is 2.11. The van der Waals surface area contributed by atoms with Gasteiger partial charge in [-0.2, -0.15) is 5.10 Å². The summed E-state index contributed by atoms with van der Waals surface area (Å²) in [6, 6.07) is 2.35. The Hall–Kier alpha value is -0.870. The third kappa shape index (κ3) is 3.12. The number of hydrogen-bond donors (Lipinski definition) is 1. The molecule has 0 aliphatic carbocycles. The van der Waals surface area contributed by atoms with Gasteiger partial charge in [0.05, 0.1) is 11.7 Å². The Morgan fingerprint density at radius 1 is 1.64 bits per heavy atom. The van der Waals surface area contributed by atoms with E-state index in [0.717, 1.165) is 25.3 Å². The first-order chi connectivity index (χ1) is 6.77. The van der Waals surface area contributed by atoms with Crippen LogP contribution in [0.3, 0.4) is 0 Å². The standard InChI is InChI=1S/C10H19N3O/c1-4-11-9(6-8-14-3)10-5-7-13(2)12-10/h5,7,9,11H,4,6,8H2,1-3H3. The maximum atomic E-state index is 5.07. The highest BCUT2D eigenvalue weighted by atomic mass is 16.5. The Labute approximate surface area is 85.3 Å². The molecule has 0 aromatic carbocycles. The van der Waals surface area contributed by atoms with Crippen molar-refractivity contribution in [1.82, 2.24) is 15.1 Å². The summed E-state index contributed by atoms with van der Waals surface area (Å²) in [5, 5.41) is 7.77. The summed E-state index contributed by atoms with van der Waals surface area (Å²) in [4.78, 5) is 0. The highest BCUT2D eigenvalue weighted by Crippen LogP contribution is 2.13. The van der Waals surface area contributed by atoms with E-state index in [0.29, 0.717) is 6.04 Å². The molecule has 0 spiro atoms. The summed E-state index contributed by atoms with van der Waals surface area (Å²) in [6.07, 6.45) is 2.92. The lowest BCUT2D eigenvalue weighted by atomic mass is 10.1. The molecule has 0 saturated heterocycles. The number of rotatable bonds is 6. The molecule has 0 saturated carbocycles. The maximum absolute atomic E-state index is 5.07. The van der Waals surface area contributed by atoms with Gasteiger partial charge < -0.3 is 10.1 Å². The molecule has 0 radical (unpaired) electrons. The predicted octanol–water partition coefficient (Wildman–Crippen LogP) is 1.11. The van der Waals surface area contributed by atoms with Gasteiger partial charge in [-0.05, 0) is 19.0 Å². The van der Waals surface area contributed by atoms with Gasteiger partial charge in [0, 0.05) is 27.0 Å². The van der Waals surface area contributed by atoms with Crippen LogP contribution in [0.4, 0.5) is 0 Å². The van der Waals surface area contributed by atoms with Gasteiger partial charge in [0.1, 0.15) is 0 Å². The van der Waals surface area contributed by atoms with Crippen LogP contribution in [0.25, 0.3) is 0 Å². The SMILES string of the molecule is CCNC(CCOC)c1ccn(C)n1. The van der Waals surface area contributed by atoms with E-state index in [4.69, 9.17) is 4.74 Å². The normalized spacial score (nSPS) is 13.1. The Balaban J connectivity index is 2.57. The predicted molar refractivity (Wildman–Crippen MR) is 56.1 cm³/mol. The van der Waals surface area contributed by atoms with Crippen molar-refractivity contribution in [1.29, 1.82) is 0 Å². The number of aromatic nitrogens is 2. The molecule has 1 unspecified atom stereocenters. The zero-order chi connectivity index (χ0) is 10.4. The number of aryl methyl sites for hydroxylation is 1. The van der Waals surface area contributed by atoms with E-state index in [1.165, 1.54) is 0 Å². The second kappa shape index (κ2) is 5.78. The second-order valence-corrected chi connectivity index (χ2v) is 3.31. The van der Waals surface area contributed by atoms with Gasteiger partial charge in [-0.15, -0.1) is 0 Å². The van der Waals surface area contributed by atoms with Crippen molar-refractivity contribution in [2.75, 3.05) is 20.3 Å². The minimum Gasteiger partial charge on any atom is -0.385 e. The van der Waals surface area contributed by atoms with E-state index >= 15 is 0 Å². The van der Waals surface area contributed by atoms with Crippen LogP contribution >= 0.6 is 0 Å². The molecule has 1 aromatic heterocycles. The molecule has 1 rings (SSSR count). The van der Waals surface area contributed by atoms with Crippen LogP contribution in [0.1, 0.15) is 25.1 Å². The van der Waals surface area contributed by atoms with Crippen molar-refractivity contribution in [3.8, 4) is 0 Å². The fraction of sp³-hybridized carbons (Fsp3) is 0.700. The number of hydrogen-bond acceptors (Lipinski definition) is 3. The van der Waals surface area contributed by atoms with Gasteiger partial charge in [-0.1, -0.05) is 6.92 Å². The van der Waals surface area contributed by atoms with Crippen LogP contribution in [0.2, 0.25) is 0 Å². The lowest BCUT2D eigenvalue weighted by molar-refractivity contribution is 0.182. The summed E-state index contributed by atoms with van der Waals surface area (Å²) in [7, 11) is 3.66. The molecule has 0 amide bonds. The maximum Gasteiger partial charge on any atom is 0.0794 e. The van der Waals surface area contributed by atoms with E-state index in [1.807, 2.05) is 24.0 Å². The Morgan fingerprint density at radius 2 is 2.43 bits per heavy atom. The molecular formula is C10H19N3O. The zero-order valence-electron chi connectivity index (χ0n) is 9.16. The molecule has 14 heavy (non-hydrogen) atoms. The number of methoxy groups -OCH3 is 1. The first kappa shape index (κ1) is 11.2. The van der Waals surface area contributed by atoms with E-state index in [2.05, 4.69) is 17.3 Å².